The van der Waals surface area contributed by atoms with Crippen molar-refractivity contribution < 1.29 is 9.66 Å². The Morgan fingerprint density at radius 3 is 2.57 bits per heavy atom. The summed E-state index contributed by atoms with van der Waals surface area (Å²) in [6.45, 7) is 5.69. The van der Waals surface area contributed by atoms with Gasteiger partial charge in [-0.3, -0.25) is 14.9 Å². The zero-order valence-corrected chi connectivity index (χ0v) is 13.7. The van der Waals surface area contributed by atoms with E-state index in [0.29, 0.717) is 23.3 Å². The Bertz CT molecular complexity index is 794. The molecule has 0 unspecified atom stereocenters. The van der Waals surface area contributed by atoms with Crippen molar-refractivity contribution in [2.75, 3.05) is 0 Å². The Morgan fingerprint density at radius 2 is 2.00 bits per heavy atom. The van der Waals surface area contributed by atoms with Crippen molar-refractivity contribution in [1.82, 2.24) is 4.57 Å². The Kier molecular flexibility index (Phi) is 4.83. The molecule has 0 N–H and O–H groups in total. The van der Waals surface area contributed by atoms with Crippen LogP contribution in [-0.2, 0) is 13.5 Å². The summed E-state index contributed by atoms with van der Waals surface area (Å²) in [7, 11) is 1.67. The van der Waals surface area contributed by atoms with Gasteiger partial charge < -0.3 is 9.30 Å². The van der Waals surface area contributed by atoms with Gasteiger partial charge in [-0.05, 0) is 32.4 Å². The minimum absolute atomic E-state index is 0.0111. The molecular formula is C17H20N2O4. The van der Waals surface area contributed by atoms with Gasteiger partial charge in [0.1, 0.15) is 5.75 Å². The summed E-state index contributed by atoms with van der Waals surface area (Å²) in [6.07, 6.45) is 2.21. The minimum Gasteiger partial charge on any atom is -0.490 e. The first kappa shape index (κ1) is 16.7. The van der Waals surface area contributed by atoms with E-state index in [2.05, 4.69) is 0 Å². The van der Waals surface area contributed by atoms with Crippen LogP contribution >= 0.6 is 0 Å². The Morgan fingerprint density at radius 1 is 1.30 bits per heavy atom. The van der Waals surface area contributed by atoms with Gasteiger partial charge in [0.2, 0.25) is 0 Å². The lowest BCUT2D eigenvalue weighted by atomic mass is 10.0. The molecule has 0 saturated heterocycles. The van der Waals surface area contributed by atoms with Crippen LogP contribution in [0.5, 0.6) is 5.75 Å². The highest BCUT2D eigenvalue weighted by molar-refractivity contribution is 5.73. The van der Waals surface area contributed by atoms with Crippen LogP contribution in [0.25, 0.3) is 11.1 Å². The van der Waals surface area contributed by atoms with Gasteiger partial charge in [-0.2, -0.15) is 0 Å². The fourth-order valence-electron chi connectivity index (χ4n) is 2.39. The van der Waals surface area contributed by atoms with Gasteiger partial charge in [0.15, 0.2) is 0 Å². The van der Waals surface area contributed by atoms with Gasteiger partial charge in [0.25, 0.3) is 11.2 Å². The first-order chi connectivity index (χ1) is 10.8. The van der Waals surface area contributed by atoms with E-state index in [1.54, 1.807) is 25.4 Å². The standard InChI is InChI=1S/C17H20N2O4/c1-5-12-8-13(10-18(4)17(12)20)15-9-14(19(21)22)6-7-16(15)23-11(2)3/h6-11H,5H2,1-4H3. The number of pyridine rings is 1. The normalized spacial score (nSPS) is 10.8. The molecule has 0 aliphatic rings. The van der Waals surface area contributed by atoms with Gasteiger partial charge in [-0.15, -0.1) is 0 Å². The molecule has 0 aliphatic carbocycles. The summed E-state index contributed by atoms with van der Waals surface area (Å²) < 4.78 is 7.26. The van der Waals surface area contributed by atoms with Crippen molar-refractivity contribution in [3.05, 3.63) is 56.5 Å². The number of nitro groups is 1. The van der Waals surface area contributed by atoms with E-state index in [-0.39, 0.29) is 17.4 Å². The number of aromatic nitrogens is 1. The lowest BCUT2D eigenvalue weighted by Gasteiger charge is -2.15. The number of hydrogen-bond donors (Lipinski definition) is 0. The van der Waals surface area contributed by atoms with Crippen LogP contribution in [0.3, 0.4) is 0 Å². The zero-order chi connectivity index (χ0) is 17.1. The van der Waals surface area contributed by atoms with Crippen LogP contribution in [0.4, 0.5) is 5.69 Å². The maximum atomic E-state index is 12.0. The van der Waals surface area contributed by atoms with E-state index in [1.165, 1.54) is 16.7 Å². The van der Waals surface area contributed by atoms with E-state index >= 15 is 0 Å². The minimum atomic E-state index is -0.439. The van der Waals surface area contributed by atoms with Crippen molar-refractivity contribution in [3.63, 3.8) is 0 Å². The molecule has 0 saturated carbocycles. The molecule has 0 aliphatic heterocycles. The van der Waals surface area contributed by atoms with Gasteiger partial charge in [0.05, 0.1) is 11.0 Å². The topological polar surface area (TPSA) is 74.4 Å². The van der Waals surface area contributed by atoms with Gasteiger partial charge in [-0.1, -0.05) is 6.92 Å². The Hall–Kier alpha value is -2.63. The SMILES string of the molecule is CCc1cc(-c2cc([N+](=O)[O-])ccc2OC(C)C)cn(C)c1=O. The van der Waals surface area contributed by atoms with Gasteiger partial charge >= 0.3 is 0 Å². The maximum absolute atomic E-state index is 12.0. The number of benzene rings is 1. The average molecular weight is 316 g/mol. The average Bonchev–Trinajstić information content (AvgIpc) is 2.49. The van der Waals surface area contributed by atoms with Crippen molar-refractivity contribution in [2.45, 2.75) is 33.3 Å². The van der Waals surface area contributed by atoms with Crippen LogP contribution in [0.15, 0.2) is 35.3 Å². The van der Waals surface area contributed by atoms with Crippen LogP contribution in [0, 0.1) is 10.1 Å². The summed E-state index contributed by atoms with van der Waals surface area (Å²) in [5.74, 6) is 0.561. The summed E-state index contributed by atoms with van der Waals surface area (Å²) in [5, 5.41) is 11.1. The number of non-ortho nitro benzene ring substituents is 1. The summed E-state index contributed by atoms with van der Waals surface area (Å²) in [5.41, 5.74) is 1.92. The highest BCUT2D eigenvalue weighted by Crippen LogP contribution is 2.34. The number of aryl methyl sites for hydroxylation is 2. The van der Waals surface area contributed by atoms with E-state index in [9.17, 15) is 14.9 Å². The Labute approximate surface area is 134 Å². The first-order valence-electron chi connectivity index (χ1n) is 7.48. The second-order valence-electron chi connectivity index (χ2n) is 5.63. The predicted octanol–water partition coefficient (Wildman–Crippen LogP) is 3.31. The van der Waals surface area contributed by atoms with E-state index in [4.69, 9.17) is 4.74 Å². The molecular weight excluding hydrogens is 296 g/mol. The predicted molar refractivity (Wildman–Crippen MR) is 88.9 cm³/mol. The third kappa shape index (κ3) is 3.59. The molecule has 1 aromatic carbocycles. The first-order valence-corrected chi connectivity index (χ1v) is 7.48. The molecule has 2 aromatic rings. The van der Waals surface area contributed by atoms with Gasteiger partial charge in [-0.25, -0.2) is 0 Å². The number of nitrogens with zero attached hydrogens (tertiary/aromatic N) is 2. The van der Waals surface area contributed by atoms with Crippen molar-refractivity contribution in [3.8, 4) is 16.9 Å². The summed E-state index contributed by atoms with van der Waals surface area (Å²) >= 11 is 0. The summed E-state index contributed by atoms with van der Waals surface area (Å²) in [6, 6.07) is 6.28. The van der Waals surface area contributed by atoms with Crippen LogP contribution in [-0.4, -0.2) is 15.6 Å². The lowest BCUT2D eigenvalue weighted by molar-refractivity contribution is -0.384. The smallest absolute Gasteiger partial charge is 0.270 e. The van der Waals surface area contributed by atoms with E-state index in [0.717, 1.165) is 5.56 Å². The highest BCUT2D eigenvalue weighted by atomic mass is 16.6. The second-order valence-corrected chi connectivity index (χ2v) is 5.63. The van der Waals surface area contributed by atoms with Crippen molar-refractivity contribution in [1.29, 1.82) is 0 Å². The molecule has 0 fully saturated rings. The molecule has 0 amide bonds. The van der Waals surface area contributed by atoms with E-state index in [1.807, 2.05) is 20.8 Å². The fraction of sp³-hybridized carbons (Fsp3) is 0.353. The molecule has 23 heavy (non-hydrogen) atoms. The molecule has 6 nitrogen and oxygen atoms in total. The highest BCUT2D eigenvalue weighted by Gasteiger charge is 2.16. The van der Waals surface area contributed by atoms with Crippen molar-refractivity contribution >= 4 is 5.69 Å². The van der Waals surface area contributed by atoms with Crippen LogP contribution in [0.2, 0.25) is 0 Å². The van der Waals surface area contributed by atoms with Crippen LogP contribution in [0.1, 0.15) is 26.3 Å². The molecule has 1 heterocycles. The maximum Gasteiger partial charge on any atom is 0.270 e. The number of nitro benzene ring substituents is 1. The third-order valence-corrected chi connectivity index (χ3v) is 3.49. The molecule has 0 atom stereocenters. The fourth-order valence-corrected chi connectivity index (χ4v) is 2.39. The molecule has 0 bridgehead atoms. The number of ether oxygens (including phenoxy) is 1. The van der Waals surface area contributed by atoms with Crippen molar-refractivity contribution in [2.24, 2.45) is 7.05 Å². The van der Waals surface area contributed by atoms with Crippen LogP contribution < -0.4 is 10.3 Å². The summed E-state index contributed by atoms with van der Waals surface area (Å²) in [4.78, 5) is 22.7. The molecule has 6 heteroatoms. The second kappa shape index (κ2) is 6.64. The molecule has 2 rings (SSSR count). The molecule has 1 aromatic heterocycles. The molecule has 122 valence electrons. The number of hydrogen-bond acceptors (Lipinski definition) is 4. The number of rotatable bonds is 5. The largest absolute Gasteiger partial charge is 0.490 e. The quantitative estimate of drug-likeness (QED) is 0.626. The zero-order valence-electron chi connectivity index (χ0n) is 13.7. The van der Waals surface area contributed by atoms with Gasteiger partial charge in [0, 0.05) is 42.1 Å². The Balaban J connectivity index is 2.68. The third-order valence-electron chi connectivity index (χ3n) is 3.49. The van der Waals surface area contributed by atoms with E-state index < -0.39 is 4.92 Å². The lowest BCUT2D eigenvalue weighted by Crippen LogP contribution is -2.20. The molecule has 0 radical (unpaired) electrons. The monoisotopic (exact) mass is 316 g/mol. The molecule has 0 spiro atoms.